The van der Waals surface area contributed by atoms with Crippen molar-refractivity contribution in [2.75, 3.05) is 14.7 Å². The Morgan fingerprint density at radius 3 is 1.29 bits per heavy atom. The molecule has 242 valence electrons. The SMILES string of the molecule is c1ccc(N2c3ccccc3N(c3ccc(-c4cn(-c5ccccc5N5c6ccccc6Sc6ccccc65)nn4)cc3)c3ccccc32)cc1. The third-order valence-electron chi connectivity index (χ3n) is 9.46. The molecule has 0 saturated carbocycles. The van der Waals surface area contributed by atoms with Crippen molar-refractivity contribution in [2.24, 2.45) is 0 Å². The molecular weight excluding hydrogens is 645 g/mol. The highest BCUT2D eigenvalue weighted by Gasteiger charge is 2.30. The molecule has 8 aromatic rings. The van der Waals surface area contributed by atoms with Gasteiger partial charge in [-0.3, -0.25) is 0 Å². The summed E-state index contributed by atoms with van der Waals surface area (Å²) in [5.41, 5.74) is 12.8. The molecule has 7 aromatic carbocycles. The summed E-state index contributed by atoms with van der Waals surface area (Å²) in [4.78, 5) is 9.45. The Balaban J connectivity index is 1.01. The molecule has 51 heavy (non-hydrogen) atoms. The van der Waals surface area contributed by atoms with Crippen molar-refractivity contribution in [3.05, 3.63) is 182 Å². The summed E-state index contributed by atoms with van der Waals surface area (Å²) in [6, 6.07) is 61.9. The Bertz CT molecular complexity index is 2450. The molecular formula is C44H30N6S. The van der Waals surface area contributed by atoms with E-state index in [2.05, 4.69) is 201 Å². The van der Waals surface area contributed by atoms with E-state index in [9.17, 15) is 0 Å². The van der Waals surface area contributed by atoms with Crippen molar-refractivity contribution >= 4 is 62.9 Å². The van der Waals surface area contributed by atoms with Crippen LogP contribution in [0.2, 0.25) is 0 Å². The summed E-state index contributed by atoms with van der Waals surface area (Å²) in [6.45, 7) is 0. The first-order valence-electron chi connectivity index (χ1n) is 16.9. The van der Waals surface area contributed by atoms with Gasteiger partial charge >= 0.3 is 0 Å². The van der Waals surface area contributed by atoms with Crippen LogP contribution in [0.25, 0.3) is 16.9 Å². The monoisotopic (exact) mass is 674 g/mol. The van der Waals surface area contributed by atoms with Gasteiger partial charge in [-0.25, -0.2) is 4.68 Å². The molecule has 0 saturated heterocycles. The highest BCUT2D eigenvalue weighted by molar-refractivity contribution is 7.99. The number of nitrogens with zero attached hydrogens (tertiary/aromatic N) is 6. The molecule has 7 heteroatoms. The minimum atomic E-state index is 0.807. The number of hydrogen-bond acceptors (Lipinski definition) is 6. The average Bonchev–Trinajstić information content (AvgIpc) is 3.70. The lowest BCUT2D eigenvalue weighted by molar-refractivity contribution is 0.803. The first-order valence-corrected chi connectivity index (χ1v) is 17.8. The summed E-state index contributed by atoms with van der Waals surface area (Å²) in [7, 11) is 0. The molecule has 0 fully saturated rings. The topological polar surface area (TPSA) is 40.4 Å². The summed E-state index contributed by atoms with van der Waals surface area (Å²) in [6.07, 6.45) is 2.02. The minimum absolute atomic E-state index is 0.807. The Morgan fingerprint density at radius 2 is 0.765 bits per heavy atom. The molecule has 3 heterocycles. The van der Waals surface area contributed by atoms with Crippen LogP contribution in [0.4, 0.5) is 51.2 Å². The van der Waals surface area contributed by atoms with Crippen LogP contribution in [0.15, 0.2) is 192 Å². The Morgan fingerprint density at radius 1 is 0.353 bits per heavy atom. The summed E-state index contributed by atoms with van der Waals surface area (Å²) in [5.74, 6) is 0. The van der Waals surface area contributed by atoms with Crippen molar-refractivity contribution in [3.8, 4) is 16.9 Å². The zero-order valence-electron chi connectivity index (χ0n) is 27.4. The van der Waals surface area contributed by atoms with E-state index in [1.807, 2.05) is 10.9 Å². The van der Waals surface area contributed by atoms with Crippen LogP contribution < -0.4 is 14.7 Å². The quantitative estimate of drug-likeness (QED) is 0.181. The maximum atomic E-state index is 4.67. The Hall–Kier alpha value is -6.57. The van der Waals surface area contributed by atoms with Crippen molar-refractivity contribution in [3.63, 3.8) is 0 Å². The largest absolute Gasteiger partial charge is 0.306 e. The lowest BCUT2D eigenvalue weighted by Crippen LogP contribution is -2.23. The standard InChI is InChI=1S/C44H30N6S/c1-2-14-32(15-3-1)48-37-18-6-8-20-39(37)49(40-21-9-7-19-38(40)48)33-28-26-31(27-29-33)34-30-47(46-45-34)35-16-4-5-17-36(35)50-41-22-10-12-24-43(41)51-44-25-13-11-23-42(44)50/h1-30H. The molecule has 0 aliphatic carbocycles. The number of anilines is 9. The molecule has 2 aliphatic heterocycles. The van der Waals surface area contributed by atoms with Crippen LogP contribution in [0.5, 0.6) is 0 Å². The van der Waals surface area contributed by atoms with E-state index in [1.54, 1.807) is 11.8 Å². The van der Waals surface area contributed by atoms with E-state index in [0.717, 1.165) is 68.1 Å². The first-order chi connectivity index (χ1) is 25.3. The van der Waals surface area contributed by atoms with E-state index < -0.39 is 0 Å². The summed E-state index contributed by atoms with van der Waals surface area (Å²) < 4.78 is 1.89. The molecule has 0 atom stereocenters. The molecule has 2 aliphatic rings. The van der Waals surface area contributed by atoms with Gasteiger partial charge in [0.2, 0.25) is 0 Å². The van der Waals surface area contributed by atoms with E-state index in [1.165, 1.54) is 9.79 Å². The average molecular weight is 675 g/mol. The van der Waals surface area contributed by atoms with E-state index in [4.69, 9.17) is 0 Å². The summed E-state index contributed by atoms with van der Waals surface area (Å²) in [5, 5.41) is 9.32. The maximum Gasteiger partial charge on any atom is 0.113 e. The second-order valence-corrected chi connectivity index (χ2v) is 13.5. The number of rotatable bonds is 5. The fourth-order valence-electron chi connectivity index (χ4n) is 7.18. The lowest BCUT2D eigenvalue weighted by Gasteiger charge is -2.40. The van der Waals surface area contributed by atoms with Crippen LogP contribution >= 0.6 is 11.8 Å². The highest BCUT2D eigenvalue weighted by Crippen LogP contribution is 2.54. The number of fused-ring (bicyclic) bond motifs is 4. The van der Waals surface area contributed by atoms with Gasteiger partial charge in [-0.15, -0.1) is 5.10 Å². The fraction of sp³-hybridized carbons (Fsp3) is 0. The third kappa shape index (κ3) is 4.89. The van der Waals surface area contributed by atoms with Gasteiger partial charge in [0.15, 0.2) is 0 Å². The maximum absolute atomic E-state index is 4.67. The van der Waals surface area contributed by atoms with Crippen LogP contribution in [0.3, 0.4) is 0 Å². The number of hydrogen-bond donors (Lipinski definition) is 0. The molecule has 0 N–H and O–H groups in total. The van der Waals surface area contributed by atoms with Gasteiger partial charge in [0.05, 0.1) is 51.7 Å². The number of para-hydroxylation sites is 9. The predicted molar refractivity (Wildman–Crippen MR) is 209 cm³/mol. The van der Waals surface area contributed by atoms with Crippen LogP contribution in [-0.4, -0.2) is 15.0 Å². The van der Waals surface area contributed by atoms with Gasteiger partial charge in [-0.2, -0.15) is 0 Å². The van der Waals surface area contributed by atoms with Gasteiger partial charge in [0.25, 0.3) is 0 Å². The van der Waals surface area contributed by atoms with Gasteiger partial charge in [-0.1, -0.05) is 108 Å². The zero-order valence-corrected chi connectivity index (χ0v) is 28.2. The smallest absolute Gasteiger partial charge is 0.113 e. The molecule has 10 rings (SSSR count). The lowest BCUT2D eigenvalue weighted by atomic mass is 10.0. The minimum Gasteiger partial charge on any atom is -0.306 e. The molecule has 1 aromatic heterocycles. The van der Waals surface area contributed by atoms with Crippen molar-refractivity contribution in [1.29, 1.82) is 0 Å². The molecule has 6 nitrogen and oxygen atoms in total. The van der Waals surface area contributed by atoms with Gasteiger partial charge in [0.1, 0.15) is 5.69 Å². The van der Waals surface area contributed by atoms with Crippen molar-refractivity contribution < 1.29 is 0 Å². The van der Waals surface area contributed by atoms with Crippen LogP contribution in [0, 0.1) is 0 Å². The molecule has 0 spiro atoms. The highest BCUT2D eigenvalue weighted by atomic mass is 32.2. The van der Waals surface area contributed by atoms with Crippen molar-refractivity contribution in [1.82, 2.24) is 15.0 Å². The first kappa shape index (κ1) is 29.4. The van der Waals surface area contributed by atoms with E-state index >= 15 is 0 Å². The van der Waals surface area contributed by atoms with Crippen molar-refractivity contribution in [2.45, 2.75) is 9.79 Å². The number of benzene rings is 7. The predicted octanol–water partition coefficient (Wildman–Crippen LogP) is 12.1. The molecule has 0 amide bonds. The second kappa shape index (κ2) is 12.1. The zero-order chi connectivity index (χ0) is 33.7. The summed E-state index contributed by atoms with van der Waals surface area (Å²) >= 11 is 1.80. The molecule has 0 radical (unpaired) electrons. The van der Waals surface area contributed by atoms with Crippen LogP contribution in [0.1, 0.15) is 0 Å². The Labute approximate surface area is 300 Å². The third-order valence-corrected chi connectivity index (χ3v) is 10.6. The number of aromatic nitrogens is 3. The van der Waals surface area contributed by atoms with Crippen LogP contribution in [-0.2, 0) is 0 Å². The van der Waals surface area contributed by atoms with E-state index in [0.29, 0.717) is 0 Å². The Kier molecular flexibility index (Phi) is 6.96. The molecule has 0 bridgehead atoms. The van der Waals surface area contributed by atoms with E-state index in [-0.39, 0.29) is 0 Å². The molecule has 0 unspecified atom stereocenters. The van der Waals surface area contributed by atoms with Gasteiger partial charge in [-0.05, 0) is 84.9 Å². The van der Waals surface area contributed by atoms with Gasteiger partial charge in [0, 0.05) is 26.7 Å². The normalized spacial score (nSPS) is 12.9. The fourth-order valence-corrected chi connectivity index (χ4v) is 8.24. The van der Waals surface area contributed by atoms with Gasteiger partial charge < -0.3 is 14.7 Å². The second-order valence-electron chi connectivity index (χ2n) is 12.4.